The van der Waals surface area contributed by atoms with Crippen molar-refractivity contribution in [3.05, 3.63) is 57.8 Å². The molecule has 4 rings (SSSR count). The highest BCUT2D eigenvalue weighted by atomic mass is 32.1. The van der Waals surface area contributed by atoms with E-state index < -0.39 is 0 Å². The molecule has 0 radical (unpaired) electrons. The minimum Gasteiger partial charge on any atom is -0.295 e. The summed E-state index contributed by atoms with van der Waals surface area (Å²) in [4.78, 5) is 28.6. The number of likely N-dealkylation sites (tertiary alicyclic amines) is 1. The first-order valence-electron chi connectivity index (χ1n) is 7.97. The van der Waals surface area contributed by atoms with E-state index in [1.807, 2.05) is 0 Å². The number of amides is 2. The van der Waals surface area contributed by atoms with Crippen molar-refractivity contribution in [1.29, 1.82) is 0 Å². The molecule has 1 aromatic heterocycles. The molecule has 1 unspecified atom stereocenters. The Hall–Kier alpha value is -1.98. The van der Waals surface area contributed by atoms with Gasteiger partial charge in [-0.05, 0) is 53.9 Å². The topological polar surface area (TPSA) is 40.6 Å². The number of hydrogen-bond donors (Lipinski definition) is 0. The molecule has 23 heavy (non-hydrogen) atoms. The second kappa shape index (κ2) is 5.91. The summed E-state index contributed by atoms with van der Waals surface area (Å²) in [5.74, 6) is -0.311. The van der Waals surface area contributed by atoms with Crippen LogP contribution >= 0.6 is 11.3 Å². The first kappa shape index (κ1) is 14.6. The van der Waals surface area contributed by atoms with Crippen molar-refractivity contribution in [3.63, 3.8) is 0 Å². The van der Waals surface area contributed by atoms with Crippen molar-refractivity contribution >= 4 is 23.2 Å². The van der Waals surface area contributed by atoms with Crippen LogP contribution in [0, 0.1) is 0 Å². The second-order valence-electron chi connectivity index (χ2n) is 6.06. The van der Waals surface area contributed by atoms with Crippen LogP contribution in [0.2, 0.25) is 0 Å². The minimum atomic E-state index is -0.156. The zero-order valence-electron chi connectivity index (χ0n) is 12.8. The van der Waals surface area contributed by atoms with Crippen molar-refractivity contribution < 1.29 is 9.59 Å². The smallest absolute Gasteiger partial charge is 0.261 e. The molecule has 0 N–H and O–H groups in total. The fraction of sp³-hybridized carbons (Fsp3) is 0.333. The summed E-state index contributed by atoms with van der Waals surface area (Å²) in [6.07, 6.45) is 2.32. The first-order chi connectivity index (χ1) is 11.3. The first-order valence-corrected chi connectivity index (χ1v) is 8.91. The second-order valence-corrected chi connectivity index (χ2v) is 6.84. The molecule has 118 valence electrons. The average Bonchev–Trinajstić information content (AvgIpc) is 3.28. The Labute approximate surface area is 139 Å². The molecule has 2 aromatic rings. The van der Waals surface area contributed by atoms with Crippen molar-refractivity contribution in [1.82, 2.24) is 9.80 Å². The van der Waals surface area contributed by atoms with Crippen LogP contribution < -0.4 is 0 Å². The van der Waals surface area contributed by atoms with Crippen LogP contribution in [0.3, 0.4) is 0 Å². The van der Waals surface area contributed by atoms with Crippen molar-refractivity contribution in [2.24, 2.45) is 0 Å². The summed E-state index contributed by atoms with van der Waals surface area (Å²) in [5.41, 5.74) is 2.43. The van der Waals surface area contributed by atoms with Crippen LogP contribution in [-0.2, 0) is 0 Å². The summed E-state index contributed by atoms with van der Waals surface area (Å²) in [5, 5.41) is 4.31. The molecule has 2 aliphatic rings. The van der Waals surface area contributed by atoms with Crippen LogP contribution in [0.5, 0.6) is 0 Å². The lowest BCUT2D eigenvalue weighted by Crippen LogP contribution is -2.38. The molecule has 0 aliphatic carbocycles. The summed E-state index contributed by atoms with van der Waals surface area (Å²) in [6, 6.07) is 9.69. The SMILES string of the molecule is O=C1c2ccccc2C(=O)N1CCN1CCCC1c1ccsc1. The Balaban J connectivity index is 1.46. The van der Waals surface area contributed by atoms with Crippen LogP contribution in [0.25, 0.3) is 0 Å². The summed E-state index contributed by atoms with van der Waals surface area (Å²) in [6.45, 7) is 2.24. The average molecular weight is 326 g/mol. The predicted molar refractivity (Wildman–Crippen MR) is 89.7 cm³/mol. The van der Waals surface area contributed by atoms with E-state index in [0.29, 0.717) is 23.7 Å². The number of benzene rings is 1. The van der Waals surface area contributed by atoms with E-state index in [2.05, 4.69) is 21.7 Å². The zero-order chi connectivity index (χ0) is 15.8. The van der Waals surface area contributed by atoms with Gasteiger partial charge in [-0.15, -0.1) is 0 Å². The van der Waals surface area contributed by atoms with Gasteiger partial charge in [-0.1, -0.05) is 12.1 Å². The number of carbonyl (C=O) groups is 2. The van der Waals surface area contributed by atoms with E-state index in [-0.39, 0.29) is 11.8 Å². The molecule has 4 nitrogen and oxygen atoms in total. The van der Waals surface area contributed by atoms with Crippen LogP contribution in [0.1, 0.15) is 45.2 Å². The van der Waals surface area contributed by atoms with Gasteiger partial charge in [0.05, 0.1) is 11.1 Å². The largest absolute Gasteiger partial charge is 0.295 e. The lowest BCUT2D eigenvalue weighted by atomic mass is 10.1. The number of imide groups is 1. The minimum absolute atomic E-state index is 0.156. The molecule has 0 bridgehead atoms. The van der Waals surface area contributed by atoms with E-state index >= 15 is 0 Å². The standard InChI is InChI=1S/C18H18N2O2S/c21-17-14-4-1-2-5-15(14)18(22)20(17)10-9-19-8-3-6-16(19)13-7-11-23-12-13/h1-2,4-5,7,11-12,16H,3,6,8-10H2. The lowest BCUT2D eigenvalue weighted by molar-refractivity contribution is 0.0633. The maximum atomic E-state index is 12.4. The van der Waals surface area contributed by atoms with Gasteiger partial charge in [0.2, 0.25) is 0 Å². The van der Waals surface area contributed by atoms with E-state index in [0.717, 1.165) is 19.5 Å². The summed E-state index contributed by atoms with van der Waals surface area (Å²) in [7, 11) is 0. The predicted octanol–water partition coefficient (Wildman–Crippen LogP) is 3.18. The highest BCUT2D eigenvalue weighted by Gasteiger charge is 2.36. The fourth-order valence-corrected chi connectivity index (χ4v) is 4.31. The Morgan fingerprint density at radius 3 is 2.43 bits per heavy atom. The Bertz CT molecular complexity index is 706. The van der Waals surface area contributed by atoms with E-state index in [1.165, 1.54) is 16.9 Å². The molecular weight excluding hydrogens is 308 g/mol. The third-order valence-corrected chi connectivity index (χ3v) is 5.48. The highest BCUT2D eigenvalue weighted by Crippen LogP contribution is 2.33. The van der Waals surface area contributed by atoms with Gasteiger partial charge in [0.15, 0.2) is 0 Å². The molecule has 1 atom stereocenters. The number of nitrogens with zero attached hydrogens (tertiary/aromatic N) is 2. The number of rotatable bonds is 4. The number of thiophene rings is 1. The third-order valence-electron chi connectivity index (χ3n) is 4.78. The van der Waals surface area contributed by atoms with E-state index in [1.54, 1.807) is 35.6 Å². The Morgan fingerprint density at radius 1 is 1.04 bits per heavy atom. The van der Waals surface area contributed by atoms with E-state index in [9.17, 15) is 9.59 Å². The quantitative estimate of drug-likeness (QED) is 0.810. The van der Waals surface area contributed by atoms with Crippen LogP contribution in [0.4, 0.5) is 0 Å². The summed E-state index contributed by atoms with van der Waals surface area (Å²) < 4.78 is 0. The fourth-order valence-electron chi connectivity index (χ4n) is 3.61. The van der Waals surface area contributed by atoms with E-state index in [4.69, 9.17) is 0 Å². The number of carbonyl (C=O) groups excluding carboxylic acids is 2. The monoisotopic (exact) mass is 326 g/mol. The van der Waals surface area contributed by atoms with Crippen LogP contribution in [0.15, 0.2) is 41.1 Å². The molecule has 5 heteroatoms. The molecular formula is C18H18N2O2S. The Kier molecular flexibility index (Phi) is 3.75. The lowest BCUT2D eigenvalue weighted by Gasteiger charge is -2.26. The molecule has 1 fully saturated rings. The molecule has 2 aliphatic heterocycles. The third kappa shape index (κ3) is 2.50. The number of hydrogen-bond acceptors (Lipinski definition) is 4. The maximum absolute atomic E-state index is 12.4. The molecule has 3 heterocycles. The molecule has 0 spiro atoms. The molecule has 1 saturated heterocycles. The van der Waals surface area contributed by atoms with Gasteiger partial charge in [0.1, 0.15) is 0 Å². The normalized spacial score (nSPS) is 21.2. The van der Waals surface area contributed by atoms with Gasteiger partial charge >= 0.3 is 0 Å². The van der Waals surface area contributed by atoms with Crippen molar-refractivity contribution in [2.45, 2.75) is 18.9 Å². The maximum Gasteiger partial charge on any atom is 0.261 e. The van der Waals surface area contributed by atoms with Gasteiger partial charge in [0.25, 0.3) is 11.8 Å². The highest BCUT2D eigenvalue weighted by molar-refractivity contribution is 7.07. The van der Waals surface area contributed by atoms with Gasteiger partial charge in [-0.3, -0.25) is 19.4 Å². The van der Waals surface area contributed by atoms with Crippen LogP contribution in [-0.4, -0.2) is 41.2 Å². The summed E-state index contributed by atoms with van der Waals surface area (Å²) >= 11 is 1.72. The number of fused-ring (bicyclic) bond motifs is 1. The Morgan fingerprint density at radius 2 is 1.78 bits per heavy atom. The van der Waals surface area contributed by atoms with Crippen molar-refractivity contribution in [2.75, 3.05) is 19.6 Å². The molecule has 1 aromatic carbocycles. The van der Waals surface area contributed by atoms with Crippen molar-refractivity contribution in [3.8, 4) is 0 Å². The molecule has 0 saturated carbocycles. The van der Waals surface area contributed by atoms with Gasteiger partial charge in [-0.2, -0.15) is 11.3 Å². The molecule has 2 amide bonds. The van der Waals surface area contributed by atoms with Gasteiger partial charge < -0.3 is 0 Å². The van der Waals surface area contributed by atoms with Gasteiger partial charge in [0, 0.05) is 19.1 Å². The zero-order valence-corrected chi connectivity index (χ0v) is 13.6. The van der Waals surface area contributed by atoms with Gasteiger partial charge in [-0.25, -0.2) is 0 Å².